The second kappa shape index (κ2) is 10.6. The third-order valence-electron chi connectivity index (χ3n) is 6.67. The standard InChI is InChI=1S/C27H33N7O2/c1-18-16-21(25-19(2)32-36-20(25)3)17-24-26(18)29-27(31-30-24)28-22-6-8-23(9-7-22)35-15-5-10-34-13-11-33(4)12-14-34/h6-9,16-17H,5,10-15H2,1-4H3,(H,28,29,31). The number of aromatic nitrogens is 4. The van der Waals surface area contributed by atoms with Crippen LogP contribution in [-0.2, 0) is 0 Å². The number of ether oxygens (including phenoxy) is 1. The number of anilines is 2. The van der Waals surface area contributed by atoms with Crippen LogP contribution >= 0.6 is 0 Å². The lowest BCUT2D eigenvalue weighted by atomic mass is 10.0. The van der Waals surface area contributed by atoms with Crippen molar-refractivity contribution in [2.24, 2.45) is 0 Å². The molecule has 9 nitrogen and oxygen atoms in total. The predicted molar refractivity (Wildman–Crippen MR) is 141 cm³/mol. The molecule has 0 saturated carbocycles. The zero-order chi connectivity index (χ0) is 25.1. The highest BCUT2D eigenvalue weighted by atomic mass is 16.5. The van der Waals surface area contributed by atoms with Crippen molar-refractivity contribution in [1.82, 2.24) is 30.1 Å². The highest BCUT2D eigenvalue weighted by Crippen LogP contribution is 2.30. The Kier molecular flexibility index (Phi) is 7.11. The quantitative estimate of drug-likeness (QED) is 0.364. The van der Waals surface area contributed by atoms with Gasteiger partial charge in [0.05, 0.1) is 17.8 Å². The fraction of sp³-hybridized carbons (Fsp3) is 0.407. The number of hydrogen-bond acceptors (Lipinski definition) is 9. The molecule has 0 bridgehead atoms. The summed E-state index contributed by atoms with van der Waals surface area (Å²) in [5, 5.41) is 16.0. The van der Waals surface area contributed by atoms with E-state index in [0.29, 0.717) is 12.6 Å². The van der Waals surface area contributed by atoms with Gasteiger partial charge in [0.2, 0.25) is 5.95 Å². The Morgan fingerprint density at radius 2 is 1.78 bits per heavy atom. The molecule has 2 aromatic carbocycles. The molecule has 0 unspecified atom stereocenters. The van der Waals surface area contributed by atoms with Gasteiger partial charge in [0, 0.05) is 44.0 Å². The third-order valence-corrected chi connectivity index (χ3v) is 6.67. The van der Waals surface area contributed by atoms with Crippen LogP contribution in [0.15, 0.2) is 40.9 Å². The van der Waals surface area contributed by atoms with Crippen molar-refractivity contribution in [1.29, 1.82) is 0 Å². The Morgan fingerprint density at radius 1 is 1.00 bits per heavy atom. The minimum Gasteiger partial charge on any atom is -0.494 e. The first kappa shape index (κ1) is 24.1. The summed E-state index contributed by atoms with van der Waals surface area (Å²) >= 11 is 0. The second-order valence-electron chi connectivity index (χ2n) is 9.49. The number of likely N-dealkylation sites (N-methyl/N-ethyl adjacent to an activating group) is 1. The summed E-state index contributed by atoms with van der Waals surface area (Å²) in [5.41, 5.74) is 6.29. The number of hydrogen-bond donors (Lipinski definition) is 1. The van der Waals surface area contributed by atoms with E-state index in [-0.39, 0.29) is 0 Å². The minimum absolute atomic E-state index is 0.455. The first-order valence-electron chi connectivity index (χ1n) is 12.5. The van der Waals surface area contributed by atoms with Crippen molar-refractivity contribution in [2.75, 3.05) is 51.7 Å². The fourth-order valence-electron chi connectivity index (χ4n) is 4.62. The van der Waals surface area contributed by atoms with Gasteiger partial charge in [-0.3, -0.25) is 0 Å². The molecule has 36 heavy (non-hydrogen) atoms. The summed E-state index contributed by atoms with van der Waals surface area (Å²) in [6.07, 6.45) is 1.03. The Bertz CT molecular complexity index is 1310. The smallest absolute Gasteiger partial charge is 0.247 e. The third kappa shape index (κ3) is 5.47. The summed E-state index contributed by atoms with van der Waals surface area (Å²) in [5.74, 6) is 2.10. The molecule has 3 heterocycles. The number of fused-ring (bicyclic) bond motifs is 1. The Balaban J connectivity index is 1.19. The van der Waals surface area contributed by atoms with Crippen molar-refractivity contribution < 1.29 is 9.26 Å². The van der Waals surface area contributed by atoms with Gasteiger partial charge in [0.25, 0.3) is 0 Å². The summed E-state index contributed by atoms with van der Waals surface area (Å²) in [7, 11) is 2.18. The predicted octanol–water partition coefficient (Wildman–Crippen LogP) is 4.36. The highest BCUT2D eigenvalue weighted by molar-refractivity contribution is 5.85. The number of nitrogens with zero attached hydrogens (tertiary/aromatic N) is 6. The van der Waals surface area contributed by atoms with Crippen LogP contribution in [0.3, 0.4) is 0 Å². The maximum absolute atomic E-state index is 5.94. The van der Waals surface area contributed by atoms with Crippen LogP contribution in [0.4, 0.5) is 11.6 Å². The van der Waals surface area contributed by atoms with Crippen LogP contribution in [0.5, 0.6) is 5.75 Å². The lowest BCUT2D eigenvalue weighted by molar-refractivity contribution is 0.145. The van der Waals surface area contributed by atoms with Crippen LogP contribution in [0.2, 0.25) is 0 Å². The zero-order valence-corrected chi connectivity index (χ0v) is 21.4. The van der Waals surface area contributed by atoms with Gasteiger partial charge in [-0.15, -0.1) is 10.2 Å². The molecule has 0 spiro atoms. The molecular weight excluding hydrogens is 454 g/mol. The normalized spacial score (nSPS) is 14.9. The SMILES string of the molecule is Cc1noc(C)c1-c1cc(C)c2nc(Nc3ccc(OCCCN4CCN(C)CC4)cc3)nnc2c1. The molecule has 1 aliphatic rings. The van der Waals surface area contributed by atoms with Gasteiger partial charge in [0.15, 0.2) is 0 Å². The van der Waals surface area contributed by atoms with Crippen LogP contribution in [0.1, 0.15) is 23.4 Å². The molecule has 9 heteroatoms. The first-order chi connectivity index (χ1) is 17.5. The molecule has 4 aromatic rings. The van der Waals surface area contributed by atoms with Crippen LogP contribution in [-0.4, -0.2) is 76.5 Å². The molecule has 1 N–H and O–H groups in total. The number of benzene rings is 2. The van der Waals surface area contributed by atoms with Crippen molar-refractivity contribution in [3.8, 4) is 16.9 Å². The van der Waals surface area contributed by atoms with Crippen molar-refractivity contribution in [2.45, 2.75) is 27.2 Å². The molecule has 0 aliphatic carbocycles. The topological polar surface area (TPSA) is 92.4 Å². The molecule has 2 aromatic heterocycles. The monoisotopic (exact) mass is 487 g/mol. The van der Waals surface area contributed by atoms with Gasteiger partial charge in [-0.2, -0.15) is 0 Å². The van der Waals surface area contributed by atoms with Crippen LogP contribution in [0.25, 0.3) is 22.2 Å². The van der Waals surface area contributed by atoms with Gasteiger partial charge in [-0.25, -0.2) is 4.98 Å². The van der Waals surface area contributed by atoms with E-state index in [9.17, 15) is 0 Å². The molecule has 188 valence electrons. The lowest BCUT2D eigenvalue weighted by Gasteiger charge is -2.32. The van der Waals surface area contributed by atoms with E-state index in [1.165, 1.54) is 0 Å². The number of piperazine rings is 1. The van der Waals surface area contributed by atoms with Crippen molar-refractivity contribution in [3.63, 3.8) is 0 Å². The largest absolute Gasteiger partial charge is 0.494 e. The van der Waals surface area contributed by atoms with E-state index in [2.05, 4.69) is 43.6 Å². The molecular formula is C27H33N7O2. The average molecular weight is 488 g/mol. The zero-order valence-electron chi connectivity index (χ0n) is 21.4. The van der Waals surface area contributed by atoms with Crippen molar-refractivity contribution >= 4 is 22.7 Å². The fourth-order valence-corrected chi connectivity index (χ4v) is 4.62. The van der Waals surface area contributed by atoms with Crippen LogP contribution in [0, 0.1) is 20.8 Å². The summed E-state index contributed by atoms with van der Waals surface area (Å²) in [6, 6.07) is 11.9. The minimum atomic E-state index is 0.455. The van der Waals surface area contributed by atoms with E-state index in [0.717, 1.165) is 89.8 Å². The molecule has 0 amide bonds. The first-order valence-corrected chi connectivity index (χ1v) is 12.5. The second-order valence-corrected chi connectivity index (χ2v) is 9.49. The number of rotatable bonds is 8. The molecule has 1 fully saturated rings. The Hall–Kier alpha value is -3.56. The Morgan fingerprint density at radius 3 is 2.50 bits per heavy atom. The van der Waals surface area contributed by atoms with Gasteiger partial charge >= 0.3 is 0 Å². The van der Waals surface area contributed by atoms with Crippen molar-refractivity contribution in [3.05, 3.63) is 53.4 Å². The maximum atomic E-state index is 5.94. The molecule has 1 aliphatic heterocycles. The Labute approximate surface area is 211 Å². The van der Waals surface area contributed by atoms with Gasteiger partial charge in [-0.1, -0.05) is 5.16 Å². The number of aryl methyl sites for hydroxylation is 3. The van der Waals surface area contributed by atoms with E-state index in [1.807, 2.05) is 51.1 Å². The molecule has 0 atom stereocenters. The summed E-state index contributed by atoms with van der Waals surface area (Å²) in [6.45, 7) is 12.3. The van der Waals surface area contributed by atoms with E-state index < -0.39 is 0 Å². The molecule has 1 saturated heterocycles. The summed E-state index contributed by atoms with van der Waals surface area (Å²) in [4.78, 5) is 9.59. The molecule has 5 rings (SSSR count). The maximum Gasteiger partial charge on any atom is 0.247 e. The highest BCUT2D eigenvalue weighted by Gasteiger charge is 2.15. The van der Waals surface area contributed by atoms with E-state index in [4.69, 9.17) is 14.2 Å². The van der Waals surface area contributed by atoms with Gasteiger partial charge < -0.3 is 24.4 Å². The van der Waals surface area contributed by atoms with E-state index in [1.54, 1.807) is 0 Å². The average Bonchev–Trinajstić information content (AvgIpc) is 3.22. The van der Waals surface area contributed by atoms with Gasteiger partial charge in [-0.05, 0) is 81.8 Å². The van der Waals surface area contributed by atoms with Crippen LogP contribution < -0.4 is 10.1 Å². The number of nitrogens with one attached hydrogen (secondary N) is 1. The van der Waals surface area contributed by atoms with Gasteiger partial charge in [0.1, 0.15) is 17.0 Å². The summed E-state index contributed by atoms with van der Waals surface area (Å²) < 4.78 is 11.3. The lowest BCUT2D eigenvalue weighted by Crippen LogP contribution is -2.44. The molecule has 0 radical (unpaired) electrons. The van der Waals surface area contributed by atoms with E-state index >= 15 is 0 Å².